The minimum atomic E-state index is -0.671. The first kappa shape index (κ1) is 26.7. The van der Waals surface area contributed by atoms with Crippen LogP contribution in [0.15, 0.2) is 12.2 Å². The van der Waals surface area contributed by atoms with Crippen LogP contribution in [0.5, 0.6) is 0 Å². The van der Waals surface area contributed by atoms with Crippen molar-refractivity contribution in [3.05, 3.63) is 12.2 Å². The number of unbranched alkanes of at least 4 members (excludes halogenated alkanes) is 14. The van der Waals surface area contributed by atoms with Gasteiger partial charge >= 0.3 is 11.9 Å². The van der Waals surface area contributed by atoms with Crippen molar-refractivity contribution >= 4 is 11.9 Å². The van der Waals surface area contributed by atoms with Crippen molar-refractivity contribution in [3.8, 4) is 0 Å². The number of carboxylic acid groups (broad SMARTS) is 1. The molecule has 0 fully saturated rings. The lowest BCUT2D eigenvalue weighted by Gasteiger charge is -2.17. The van der Waals surface area contributed by atoms with Gasteiger partial charge in [0.15, 0.2) is 0 Å². The summed E-state index contributed by atoms with van der Waals surface area (Å²) in [5.74, 6) is -0.916. The third-order valence-electron chi connectivity index (χ3n) is 4.67. The standard InChI is InChI=1S/C24H44O4/c1-24(2,3)28-23(27)21-19-17-15-13-11-9-7-5-4-6-8-10-12-14-16-18-20-22(25)26/h19,21H,4-18,20H2,1-3H3,(H,25,26). The van der Waals surface area contributed by atoms with Crippen LogP contribution in [0.4, 0.5) is 0 Å². The predicted molar refractivity (Wildman–Crippen MR) is 116 cm³/mol. The molecule has 0 atom stereocenters. The molecule has 0 saturated heterocycles. The first-order valence-corrected chi connectivity index (χ1v) is 11.4. The Hall–Kier alpha value is -1.32. The summed E-state index contributed by atoms with van der Waals surface area (Å²) in [6.45, 7) is 5.64. The van der Waals surface area contributed by atoms with Crippen LogP contribution in [-0.2, 0) is 14.3 Å². The van der Waals surface area contributed by atoms with Gasteiger partial charge in [0, 0.05) is 12.5 Å². The Morgan fingerprint density at radius 2 is 1.11 bits per heavy atom. The summed E-state index contributed by atoms with van der Waals surface area (Å²) < 4.78 is 5.23. The van der Waals surface area contributed by atoms with E-state index in [1.807, 2.05) is 26.8 Å². The van der Waals surface area contributed by atoms with Gasteiger partial charge in [-0.15, -0.1) is 0 Å². The van der Waals surface area contributed by atoms with Crippen LogP contribution in [0.2, 0.25) is 0 Å². The molecule has 0 unspecified atom stereocenters. The Labute approximate surface area is 173 Å². The zero-order chi connectivity index (χ0) is 21.1. The van der Waals surface area contributed by atoms with Crippen molar-refractivity contribution in [3.63, 3.8) is 0 Å². The Kier molecular flexibility index (Phi) is 16.9. The fourth-order valence-electron chi connectivity index (χ4n) is 3.18. The molecule has 28 heavy (non-hydrogen) atoms. The highest BCUT2D eigenvalue weighted by Crippen LogP contribution is 2.14. The van der Waals surface area contributed by atoms with E-state index in [1.165, 1.54) is 70.6 Å². The summed E-state index contributed by atoms with van der Waals surface area (Å²) in [7, 11) is 0. The second kappa shape index (κ2) is 17.8. The number of hydrogen-bond donors (Lipinski definition) is 1. The van der Waals surface area contributed by atoms with E-state index in [1.54, 1.807) is 6.08 Å². The summed E-state index contributed by atoms with van der Waals surface area (Å²) >= 11 is 0. The summed E-state index contributed by atoms with van der Waals surface area (Å²) in [4.78, 5) is 21.9. The monoisotopic (exact) mass is 396 g/mol. The number of hydrogen-bond acceptors (Lipinski definition) is 3. The van der Waals surface area contributed by atoms with E-state index in [9.17, 15) is 9.59 Å². The highest BCUT2D eigenvalue weighted by Gasteiger charge is 2.13. The normalized spacial score (nSPS) is 11.8. The van der Waals surface area contributed by atoms with E-state index < -0.39 is 11.6 Å². The van der Waals surface area contributed by atoms with Crippen LogP contribution in [0.3, 0.4) is 0 Å². The van der Waals surface area contributed by atoms with E-state index in [0.717, 1.165) is 25.7 Å². The van der Waals surface area contributed by atoms with E-state index in [2.05, 4.69) is 0 Å². The van der Waals surface area contributed by atoms with Crippen LogP contribution >= 0.6 is 0 Å². The van der Waals surface area contributed by atoms with Crippen molar-refractivity contribution in [1.29, 1.82) is 0 Å². The lowest BCUT2D eigenvalue weighted by molar-refractivity contribution is -0.148. The smallest absolute Gasteiger partial charge is 0.330 e. The number of rotatable bonds is 18. The maximum Gasteiger partial charge on any atom is 0.330 e. The quantitative estimate of drug-likeness (QED) is 0.151. The summed E-state index contributed by atoms with van der Waals surface area (Å²) in [5, 5.41) is 8.57. The molecule has 0 aliphatic carbocycles. The lowest BCUT2D eigenvalue weighted by atomic mass is 10.0. The van der Waals surface area contributed by atoms with Crippen molar-refractivity contribution in [1.82, 2.24) is 0 Å². The number of esters is 1. The van der Waals surface area contributed by atoms with Gasteiger partial charge in [-0.05, 0) is 40.0 Å². The first-order chi connectivity index (χ1) is 13.3. The number of carbonyl (C=O) groups excluding carboxylic acids is 1. The molecular weight excluding hydrogens is 352 g/mol. The van der Waals surface area contributed by atoms with Gasteiger partial charge in [0.2, 0.25) is 0 Å². The summed E-state index contributed by atoms with van der Waals surface area (Å²) in [6.07, 6.45) is 22.1. The number of aliphatic carboxylic acids is 1. The third-order valence-corrected chi connectivity index (χ3v) is 4.67. The topological polar surface area (TPSA) is 63.6 Å². The fraction of sp³-hybridized carbons (Fsp3) is 0.833. The van der Waals surface area contributed by atoms with Gasteiger partial charge in [-0.1, -0.05) is 83.1 Å². The number of ether oxygens (including phenoxy) is 1. The highest BCUT2D eigenvalue weighted by atomic mass is 16.6. The molecule has 0 spiro atoms. The minimum Gasteiger partial charge on any atom is -0.481 e. The van der Waals surface area contributed by atoms with Crippen LogP contribution in [0, 0.1) is 0 Å². The molecule has 1 N–H and O–H groups in total. The Morgan fingerprint density at radius 1 is 0.714 bits per heavy atom. The average Bonchev–Trinajstić information content (AvgIpc) is 2.59. The van der Waals surface area contributed by atoms with Crippen molar-refractivity contribution in [2.24, 2.45) is 0 Å². The molecule has 0 heterocycles. The molecule has 0 aromatic heterocycles. The van der Waals surface area contributed by atoms with Crippen molar-refractivity contribution in [2.75, 3.05) is 0 Å². The third kappa shape index (κ3) is 22.7. The SMILES string of the molecule is CC(C)(C)OC(=O)C=CCCCCCCCCCCCCCCCCC(=O)O. The first-order valence-electron chi connectivity index (χ1n) is 11.4. The van der Waals surface area contributed by atoms with E-state index >= 15 is 0 Å². The van der Waals surface area contributed by atoms with Gasteiger partial charge in [-0.25, -0.2) is 4.79 Å². The summed E-state index contributed by atoms with van der Waals surface area (Å²) in [6, 6.07) is 0. The second-order valence-electron chi connectivity index (χ2n) is 8.82. The summed E-state index contributed by atoms with van der Waals surface area (Å²) in [5.41, 5.74) is -0.412. The van der Waals surface area contributed by atoms with E-state index in [0.29, 0.717) is 6.42 Å². The molecule has 164 valence electrons. The van der Waals surface area contributed by atoms with Crippen LogP contribution < -0.4 is 0 Å². The zero-order valence-electron chi connectivity index (χ0n) is 18.6. The minimum absolute atomic E-state index is 0.245. The van der Waals surface area contributed by atoms with E-state index in [4.69, 9.17) is 9.84 Å². The Balaban J connectivity index is 3.22. The molecule has 0 amide bonds. The molecule has 0 bridgehead atoms. The lowest BCUT2D eigenvalue weighted by Crippen LogP contribution is -2.22. The Bertz CT molecular complexity index is 421. The van der Waals surface area contributed by atoms with Gasteiger partial charge in [-0.2, -0.15) is 0 Å². The van der Waals surface area contributed by atoms with Gasteiger partial charge < -0.3 is 9.84 Å². The number of carboxylic acids is 1. The Morgan fingerprint density at radius 3 is 1.50 bits per heavy atom. The molecular formula is C24H44O4. The van der Waals surface area contributed by atoms with Gasteiger partial charge in [0.1, 0.15) is 5.60 Å². The van der Waals surface area contributed by atoms with Crippen molar-refractivity contribution in [2.45, 2.75) is 129 Å². The van der Waals surface area contributed by atoms with Crippen LogP contribution in [0.25, 0.3) is 0 Å². The maximum absolute atomic E-state index is 11.5. The molecule has 0 aromatic carbocycles. The highest BCUT2D eigenvalue weighted by molar-refractivity contribution is 5.82. The van der Waals surface area contributed by atoms with Crippen molar-refractivity contribution < 1.29 is 19.4 Å². The fourth-order valence-corrected chi connectivity index (χ4v) is 3.18. The second-order valence-corrected chi connectivity index (χ2v) is 8.82. The molecule has 0 aromatic rings. The molecule has 0 rings (SSSR count). The predicted octanol–water partition coefficient (Wildman–Crippen LogP) is 7.21. The molecule has 4 heteroatoms. The number of allylic oxidation sites excluding steroid dienone is 1. The molecule has 0 aliphatic heterocycles. The van der Waals surface area contributed by atoms with Crippen LogP contribution in [-0.4, -0.2) is 22.6 Å². The maximum atomic E-state index is 11.5. The van der Waals surface area contributed by atoms with E-state index in [-0.39, 0.29) is 5.97 Å². The molecule has 0 saturated carbocycles. The number of carbonyl (C=O) groups is 2. The largest absolute Gasteiger partial charge is 0.481 e. The zero-order valence-corrected chi connectivity index (χ0v) is 18.6. The van der Waals surface area contributed by atoms with Gasteiger partial charge in [0.05, 0.1) is 0 Å². The molecule has 4 nitrogen and oxygen atoms in total. The van der Waals surface area contributed by atoms with Gasteiger partial charge in [0.25, 0.3) is 0 Å². The van der Waals surface area contributed by atoms with Crippen LogP contribution in [0.1, 0.15) is 124 Å². The molecule has 0 aliphatic rings. The van der Waals surface area contributed by atoms with Gasteiger partial charge in [-0.3, -0.25) is 4.79 Å². The molecule has 0 radical (unpaired) electrons. The average molecular weight is 397 g/mol.